The van der Waals surface area contributed by atoms with Gasteiger partial charge in [-0.2, -0.15) is 0 Å². The Hall–Kier alpha value is -1.02. The molecule has 16 heavy (non-hydrogen) atoms. The van der Waals surface area contributed by atoms with Gasteiger partial charge in [-0.15, -0.1) is 0 Å². The van der Waals surface area contributed by atoms with Gasteiger partial charge in [-0.1, -0.05) is 26.8 Å². The van der Waals surface area contributed by atoms with E-state index < -0.39 is 0 Å². The van der Waals surface area contributed by atoms with Crippen molar-refractivity contribution in [2.45, 2.75) is 39.7 Å². The molecule has 1 rings (SSSR count). The average Bonchev–Trinajstić information content (AvgIpc) is 2.29. The molecule has 0 aliphatic rings. The molecule has 0 aliphatic heterocycles. The van der Waals surface area contributed by atoms with Crippen molar-refractivity contribution in [2.75, 3.05) is 13.7 Å². The number of hydrogen-bond donors (Lipinski definition) is 1. The summed E-state index contributed by atoms with van der Waals surface area (Å²) < 4.78 is 5.27. The molecule has 2 nitrogen and oxygen atoms in total. The Balaban J connectivity index is 2.83. The highest BCUT2D eigenvalue weighted by atomic mass is 16.5. The monoisotopic (exact) mass is 221 g/mol. The van der Waals surface area contributed by atoms with Gasteiger partial charge < -0.3 is 10.1 Å². The highest BCUT2D eigenvalue weighted by Crippen LogP contribution is 2.24. The first-order chi connectivity index (χ1) is 7.69. The molecule has 0 saturated carbocycles. The molecule has 0 aliphatic carbocycles. The van der Waals surface area contributed by atoms with Crippen LogP contribution in [0.5, 0.6) is 5.75 Å². The van der Waals surface area contributed by atoms with E-state index in [1.165, 1.54) is 17.5 Å². The van der Waals surface area contributed by atoms with Crippen molar-refractivity contribution in [3.05, 3.63) is 29.3 Å². The summed E-state index contributed by atoms with van der Waals surface area (Å²) in [5.74, 6) is 1.50. The third-order valence-electron chi connectivity index (χ3n) is 2.71. The molecule has 90 valence electrons. The van der Waals surface area contributed by atoms with Crippen LogP contribution in [0, 0.1) is 0 Å². The lowest BCUT2D eigenvalue weighted by atomic mass is 9.97. The van der Waals surface area contributed by atoms with Gasteiger partial charge in [0.2, 0.25) is 0 Å². The van der Waals surface area contributed by atoms with Gasteiger partial charge in [-0.25, -0.2) is 0 Å². The quantitative estimate of drug-likeness (QED) is 0.744. The lowest BCUT2D eigenvalue weighted by Gasteiger charge is -2.14. The average molecular weight is 221 g/mol. The summed E-state index contributed by atoms with van der Waals surface area (Å²) >= 11 is 0. The van der Waals surface area contributed by atoms with Crippen LogP contribution >= 0.6 is 0 Å². The van der Waals surface area contributed by atoms with E-state index in [0.717, 1.165) is 18.8 Å². The van der Waals surface area contributed by atoms with Crippen LogP contribution in [0.25, 0.3) is 0 Å². The first-order valence-corrected chi connectivity index (χ1v) is 6.06. The number of rotatable bonds is 6. The van der Waals surface area contributed by atoms with Crippen LogP contribution in [0.3, 0.4) is 0 Å². The van der Waals surface area contributed by atoms with Crippen LogP contribution in [0.4, 0.5) is 0 Å². The number of methoxy groups -OCH3 is 1. The van der Waals surface area contributed by atoms with E-state index in [2.05, 4.69) is 38.2 Å². The molecule has 0 fully saturated rings. The second kappa shape index (κ2) is 6.54. The van der Waals surface area contributed by atoms with E-state index in [1.807, 2.05) is 6.07 Å². The van der Waals surface area contributed by atoms with Gasteiger partial charge in [0, 0.05) is 6.54 Å². The van der Waals surface area contributed by atoms with E-state index in [1.54, 1.807) is 7.11 Å². The second-order valence-corrected chi connectivity index (χ2v) is 4.40. The maximum atomic E-state index is 5.27. The highest BCUT2D eigenvalue weighted by molar-refractivity contribution is 5.37. The van der Waals surface area contributed by atoms with Crippen molar-refractivity contribution in [1.82, 2.24) is 5.32 Å². The Labute approximate surface area is 99.0 Å². The van der Waals surface area contributed by atoms with Gasteiger partial charge in [0.05, 0.1) is 7.11 Å². The zero-order valence-electron chi connectivity index (χ0n) is 10.8. The highest BCUT2D eigenvalue weighted by Gasteiger charge is 2.07. The minimum atomic E-state index is 0.560. The maximum Gasteiger partial charge on any atom is 0.119 e. The van der Waals surface area contributed by atoms with Crippen LogP contribution in [0.1, 0.15) is 44.2 Å². The Morgan fingerprint density at radius 3 is 2.62 bits per heavy atom. The van der Waals surface area contributed by atoms with Crippen molar-refractivity contribution in [2.24, 2.45) is 0 Å². The first-order valence-electron chi connectivity index (χ1n) is 6.06. The summed E-state index contributed by atoms with van der Waals surface area (Å²) in [6.07, 6.45) is 1.17. The van der Waals surface area contributed by atoms with Gasteiger partial charge in [-0.05, 0) is 42.1 Å². The fraction of sp³-hybridized carbons (Fsp3) is 0.571. The Kier molecular flexibility index (Phi) is 5.33. The summed E-state index contributed by atoms with van der Waals surface area (Å²) in [4.78, 5) is 0. The number of nitrogens with one attached hydrogen (secondary N) is 1. The van der Waals surface area contributed by atoms with Crippen molar-refractivity contribution >= 4 is 0 Å². The van der Waals surface area contributed by atoms with Crippen LogP contribution in [-0.2, 0) is 6.54 Å². The van der Waals surface area contributed by atoms with Crippen molar-refractivity contribution in [1.29, 1.82) is 0 Å². The van der Waals surface area contributed by atoms with Crippen molar-refractivity contribution < 1.29 is 4.74 Å². The lowest BCUT2D eigenvalue weighted by Crippen LogP contribution is -2.15. The molecular weight excluding hydrogens is 198 g/mol. The van der Waals surface area contributed by atoms with Gasteiger partial charge in [-0.3, -0.25) is 0 Å². The van der Waals surface area contributed by atoms with Crippen molar-refractivity contribution in [3.8, 4) is 5.75 Å². The third kappa shape index (κ3) is 3.53. The molecule has 0 aromatic heterocycles. The predicted molar refractivity (Wildman–Crippen MR) is 69.1 cm³/mol. The van der Waals surface area contributed by atoms with Crippen LogP contribution < -0.4 is 10.1 Å². The molecule has 0 amide bonds. The molecule has 0 radical (unpaired) electrons. The molecule has 1 aromatic carbocycles. The topological polar surface area (TPSA) is 21.3 Å². The molecule has 1 aromatic rings. The summed E-state index contributed by atoms with van der Waals surface area (Å²) in [5, 5.41) is 3.44. The molecule has 0 spiro atoms. The fourth-order valence-electron chi connectivity index (χ4n) is 1.83. The largest absolute Gasteiger partial charge is 0.497 e. The van der Waals surface area contributed by atoms with Gasteiger partial charge in [0.25, 0.3) is 0 Å². The van der Waals surface area contributed by atoms with E-state index in [9.17, 15) is 0 Å². The van der Waals surface area contributed by atoms with Gasteiger partial charge in [0.1, 0.15) is 5.75 Å². The van der Waals surface area contributed by atoms with Crippen LogP contribution in [0.15, 0.2) is 18.2 Å². The van der Waals surface area contributed by atoms with E-state index in [4.69, 9.17) is 4.74 Å². The number of ether oxygens (including phenoxy) is 1. The zero-order chi connectivity index (χ0) is 12.0. The smallest absolute Gasteiger partial charge is 0.119 e. The number of benzene rings is 1. The van der Waals surface area contributed by atoms with Crippen LogP contribution in [0.2, 0.25) is 0 Å². The molecule has 0 saturated heterocycles. The first kappa shape index (κ1) is 13.0. The normalized spacial score (nSPS) is 10.8. The van der Waals surface area contributed by atoms with Crippen LogP contribution in [-0.4, -0.2) is 13.7 Å². The minimum Gasteiger partial charge on any atom is -0.497 e. The molecule has 1 N–H and O–H groups in total. The molecule has 0 atom stereocenters. The molecule has 0 bridgehead atoms. The Bertz CT molecular complexity index is 321. The zero-order valence-corrected chi connectivity index (χ0v) is 10.8. The summed E-state index contributed by atoms with van der Waals surface area (Å²) in [6.45, 7) is 8.63. The second-order valence-electron chi connectivity index (χ2n) is 4.40. The standard InChI is InChI=1S/C14H23NO/c1-5-8-15-10-12-9-13(16-4)6-7-14(12)11(2)3/h6-7,9,11,15H,5,8,10H2,1-4H3. The van der Waals surface area contributed by atoms with Gasteiger partial charge in [0.15, 0.2) is 0 Å². The van der Waals surface area contributed by atoms with Gasteiger partial charge >= 0.3 is 0 Å². The van der Waals surface area contributed by atoms with Crippen molar-refractivity contribution in [3.63, 3.8) is 0 Å². The Morgan fingerprint density at radius 1 is 1.31 bits per heavy atom. The molecule has 2 heteroatoms. The fourth-order valence-corrected chi connectivity index (χ4v) is 1.83. The maximum absolute atomic E-state index is 5.27. The van der Waals surface area contributed by atoms with E-state index >= 15 is 0 Å². The predicted octanol–water partition coefficient (Wildman–Crippen LogP) is 3.32. The van der Waals surface area contributed by atoms with E-state index in [-0.39, 0.29) is 0 Å². The minimum absolute atomic E-state index is 0.560. The Morgan fingerprint density at radius 2 is 2.06 bits per heavy atom. The summed E-state index contributed by atoms with van der Waals surface area (Å²) in [5.41, 5.74) is 2.76. The summed E-state index contributed by atoms with van der Waals surface area (Å²) in [7, 11) is 1.72. The molecule has 0 heterocycles. The summed E-state index contributed by atoms with van der Waals surface area (Å²) in [6, 6.07) is 6.35. The molecule has 0 unspecified atom stereocenters. The lowest BCUT2D eigenvalue weighted by molar-refractivity contribution is 0.413. The van der Waals surface area contributed by atoms with E-state index in [0.29, 0.717) is 5.92 Å². The third-order valence-corrected chi connectivity index (χ3v) is 2.71. The molecular formula is C14H23NO. The SMILES string of the molecule is CCCNCc1cc(OC)ccc1C(C)C. The number of hydrogen-bond acceptors (Lipinski definition) is 2.